The fraction of sp³-hybridized carbons (Fsp3) is 0.968. The lowest BCUT2D eigenvalue weighted by atomic mass is 10.0. The van der Waals surface area contributed by atoms with Crippen molar-refractivity contribution in [2.75, 3.05) is 0 Å². The van der Waals surface area contributed by atoms with Crippen molar-refractivity contribution in [2.45, 2.75) is 193 Å². The number of carbonyl (C=O) groups excluding carboxylic acids is 1. The Morgan fingerprint density at radius 1 is 0.455 bits per heavy atom. The van der Waals surface area contributed by atoms with Gasteiger partial charge in [-0.2, -0.15) is 0 Å². The standard InChI is InChI=1S/C31H62O2/c1-3-5-7-9-11-13-15-16-17-19-21-23-25-27-31(33)29-28-30(32)26-24-22-20-18-14-12-10-8-6-4-2/h30,32H,3-29H2,1-2H3. The van der Waals surface area contributed by atoms with Crippen molar-refractivity contribution >= 4 is 5.78 Å². The van der Waals surface area contributed by atoms with E-state index in [9.17, 15) is 9.90 Å². The molecule has 1 atom stereocenters. The molecule has 0 amide bonds. The Labute approximate surface area is 209 Å². The van der Waals surface area contributed by atoms with Crippen LogP contribution in [0.1, 0.15) is 187 Å². The first-order chi connectivity index (χ1) is 16.2. The van der Waals surface area contributed by atoms with Crippen LogP contribution in [-0.4, -0.2) is 17.0 Å². The number of aliphatic hydroxyl groups excluding tert-OH is 1. The third kappa shape index (κ3) is 27.8. The summed E-state index contributed by atoms with van der Waals surface area (Å²) in [5.74, 6) is 0.361. The van der Waals surface area contributed by atoms with Crippen LogP contribution in [0.25, 0.3) is 0 Å². The topological polar surface area (TPSA) is 37.3 Å². The molecule has 198 valence electrons. The summed E-state index contributed by atoms with van der Waals surface area (Å²) in [5, 5.41) is 10.2. The molecular weight excluding hydrogens is 404 g/mol. The Balaban J connectivity index is 3.28. The number of Topliss-reactive ketones (excluding diaryl/α,β-unsaturated/α-hetero) is 1. The Bertz CT molecular complexity index is 379. The van der Waals surface area contributed by atoms with Crippen LogP contribution in [0, 0.1) is 0 Å². The summed E-state index contributed by atoms with van der Waals surface area (Å²) in [6.45, 7) is 4.55. The van der Waals surface area contributed by atoms with Gasteiger partial charge in [-0.05, 0) is 19.3 Å². The molecule has 0 saturated carbocycles. The van der Waals surface area contributed by atoms with Crippen LogP contribution < -0.4 is 0 Å². The minimum Gasteiger partial charge on any atom is -0.393 e. The molecule has 0 aromatic carbocycles. The third-order valence-corrected chi connectivity index (χ3v) is 7.21. The Hall–Kier alpha value is -0.370. The average molecular weight is 467 g/mol. The van der Waals surface area contributed by atoms with Gasteiger partial charge < -0.3 is 5.11 Å². The molecule has 1 N–H and O–H groups in total. The van der Waals surface area contributed by atoms with E-state index < -0.39 is 0 Å². The van der Waals surface area contributed by atoms with Gasteiger partial charge in [0.15, 0.2) is 0 Å². The number of carbonyl (C=O) groups is 1. The van der Waals surface area contributed by atoms with Crippen molar-refractivity contribution in [3.63, 3.8) is 0 Å². The van der Waals surface area contributed by atoms with Crippen molar-refractivity contribution in [2.24, 2.45) is 0 Å². The minimum atomic E-state index is -0.269. The zero-order valence-electron chi connectivity index (χ0n) is 23.0. The molecule has 0 fully saturated rings. The normalized spacial score (nSPS) is 12.3. The smallest absolute Gasteiger partial charge is 0.133 e. The van der Waals surface area contributed by atoms with E-state index in [1.54, 1.807) is 0 Å². The molecule has 2 nitrogen and oxygen atoms in total. The molecule has 0 spiro atoms. The van der Waals surface area contributed by atoms with Crippen molar-refractivity contribution in [3.05, 3.63) is 0 Å². The number of hydrogen-bond acceptors (Lipinski definition) is 2. The predicted octanol–water partition coefficient (Wildman–Crippen LogP) is 10.5. The van der Waals surface area contributed by atoms with Gasteiger partial charge in [-0.15, -0.1) is 0 Å². The fourth-order valence-corrected chi connectivity index (χ4v) is 4.80. The summed E-state index contributed by atoms with van der Waals surface area (Å²) in [4.78, 5) is 12.1. The van der Waals surface area contributed by atoms with E-state index in [4.69, 9.17) is 0 Å². The highest BCUT2D eigenvalue weighted by Crippen LogP contribution is 2.15. The second kappa shape index (κ2) is 27.9. The largest absolute Gasteiger partial charge is 0.393 e. The highest BCUT2D eigenvalue weighted by Gasteiger charge is 2.08. The number of unbranched alkanes of at least 4 members (excludes halogenated alkanes) is 21. The fourth-order valence-electron chi connectivity index (χ4n) is 4.80. The van der Waals surface area contributed by atoms with Crippen molar-refractivity contribution in [1.82, 2.24) is 0 Å². The Kier molecular flexibility index (Phi) is 27.6. The summed E-state index contributed by atoms with van der Waals surface area (Å²) in [7, 11) is 0. The van der Waals surface area contributed by atoms with E-state index in [-0.39, 0.29) is 6.10 Å². The molecule has 33 heavy (non-hydrogen) atoms. The van der Waals surface area contributed by atoms with Gasteiger partial charge in [-0.25, -0.2) is 0 Å². The molecule has 0 aliphatic rings. The maximum atomic E-state index is 12.1. The second-order valence-electron chi connectivity index (χ2n) is 10.7. The van der Waals surface area contributed by atoms with Gasteiger partial charge >= 0.3 is 0 Å². The molecule has 2 heteroatoms. The maximum Gasteiger partial charge on any atom is 0.133 e. The quantitative estimate of drug-likeness (QED) is 0.116. The molecule has 0 bridgehead atoms. The van der Waals surface area contributed by atoms with E-state index in [0.717, 1.165) is 25.7 Å². The summed E-state index contributed by atoms with van der Waals surface area (Å²) in [5.41, 5.74) is 0. The molecule has 0 saturated heterocycles. The third-order valence-electron chi connectivity index (χ3n) is 7.21. The lowest BCUT2D eigenvalue weighted by molar-refractivity contribution is -0.119. The second-order valence-corrected chi connectivity index (χ2v) is 10.7. The number of rotatable bonds is 28. The highest BCUT2D eigenvalue weighted by atomic mass is 16.3. The maximum absolute atomic E-state index is 12.1. The molecule has 0 aliphatic carbocycles. The van der Waals surface area contributed by atoms with E-state index in [2.05, 4.69) is 13.8 Å². The average Bonchev–Trinajstić information content (AvgIpc) is 2.82. The van der Waals surface area contributed by atoms with Crippen molar-refractivity contribution in [1.29, 1.82) is 0 Å². The lowest BCUT2D eigenvalue weighted by Crippen LogP contribution is -2.09. The van der Waals surface area contributed by atoms with Crippen LogP contribution in [0.3, 0.4) is 0 Å². The van der Waals surface area contributed by atoms with Gasteiger partial charge in [0.1, 0.15) is 5.78 Å². The van der Waals surface area contributed by atoms with E-state index in [1.165, 1.54) is 135 Å². The first-order valence-corrected chi connectivity index (χ1v) is 15.4. The van der Waals surface area contributed by atoms with Crippen molar-refractivity contribution in [3.8, 4) is 0 Å². The molecule has 1 unspecified atom stereocenters. The number of ketones is 1. The first-order valence-electron chi connectivity index (χ1n) is 15.4. The van der Waals surface area contributed by atoms with Gasteiger partial charge in [-0.3, -0.25) is 4.79 Å². The minimum absolute atomic E-state index is 0.269. The molecule has 0 rings (SSSR count). The van der Waals surface area contributed by atoms with E-state index in [0.29, 0.717) is 18.6 Å². The SMILES string of the molecule is CCCCCCCCCCCCCCCC(=O)CCC(O)CCCCCCCCCCCC. The molecule has 0 aromatic heterocycles. The highest BCUT2D eigenvalue weighted by molar-refractivity contribution is 5.78. The first kappa shape index (κ1) is 32.6. The Morgan fingerprint density at radius 2 is 0.788 bits per heavy atom. The summed E-state index contributed by atoms with van der Waals surface area (Å²) in [6, 6.07) is 0. The van der Waals surface area contributed by atoms with Crippen LogP contribution in [0.15, 0.2) is 0 Å². The van der Waals surface area contributed by atoms with Gasteiger partial charge in [-0.1, -0.05) is 155 Å². The predicted molar refractivity (Wildman–Crippen MR) is 147 cm³/mol. The molecule has 0 heterocycles. The molecule has 0 aliphatic heterocycles. The molecule has 0 radical (unpaired) electrons. The van der Waals surface area contributed by atoms with Gasteiger partial charge in [0.2, 0.25) is 0 Å². The van der Waals surface area contributed by atoms with Crippen molar-refractivity contribution < 1.29 is 9.90 Å². The van der Waals surface area contributed by atoms with Gasteiger partial charge in [0.05, 0.1) is 6.10 Å². The summed E-state index contributed by atoms with van der Waals surface area (Å²) >= 11 is 0. The zero-order valence-corrected chi connectivity index (χ0v) is 23.0. The van der Waals surface area contributed by atoms with Crippen LogP contribution in [-0.2, 0) is 4.79 Å². The van der Waals surface area contributed by atoms with Crippen LogP contribution in [0.4, 0.5) is 0 Å². The van der Waals surface area contributed by atoms with Crippen LogP contribution in [0.2, 0.25) is 0 Å². The zero-order chi connectivity index (χ0) is 24.2. The van der Waals surface area contributed by atoms with E-state index >= 15 is 0 Å². The number of aliphatic hydroxyl groups is 1. The van der Waals surface area contributed by atoms with E-state index in [1.807, 2.05) is 0 Å². The lowest BCUT2D eigenvalue weighted by Gasteiger charge is -2.10. The molecular formula is C31H62O2. The van der Waals surface area contributed by atoms with Crippen LogP contribution in [0.5, 0.6) is 0 Å². The number of hydrogen-bond donors (Lipinski definition) is 1. The molecule has 0 aromatic rings. The Morgan fingerprint density at radius 3 is 1.18 bits per heavy atom. The summed E-state index contributed by atoms with van der Waals surface area (Å²) < 4.78 is 0. The monoisotopic (exact) mass is 466 g/mol. The van der Waals surface area contributed by atoms with Gasteiger partial charge in [0, 0.05) is 12.8 Å². The van der Waals surface area contributed by atoms with Gasteiger partial charge in [0.25, 0.3) is 0 Å². The van der Waals surface area contributed by atoms with Crippen LogP contribution >= 0.6 is 0 Å². The summed E-state index contributed by atoms with van der Waals surface area (Å²) in [6.07, 6.45) is 33.4.